The Hall–Kier alpha value is -1.95. The van der Waals surface area contributed by atoms with Gasteiger partial charge in [-0.05, 0) is 32.9 Å². The summed E-state index contributed by atoms with van der Waals surface area (Å²) in [6, 6.07) is 3.31. The van der Waals surface area contributed by atoms with Crippen LogP contribution in [-0.2, 0) is 11.3 Å². The van der Waals surface area contributed by atoms with Gasteiger partial charge in [0.15, 0.2) is 11.6 Å². The fraction of sp³-hybridized carbons (Fsp3) is 0.357. The molecule has 108 valence electrons. The van der Waals surface area contributed by atoms with Gasteiger partial charge in [0.1, 0.15) is 5.60 Å². The van der Waals surface area contributed by atoms with E-state index in [0.29, 0.717) is 5.39 Å². The van der Waals surface area contributed by atoms with Crippen LogP contribution in [0.2, 0.25) is 0 Å². The third-order valence-electron chi connectivity index (χ3n) is 2.66. The molecule has 0 amide bonds. The van der Waals surface area contributed by atoms with E-state index in [1.807, 2.05) is 0 Å². The molecule has 0 aliphatic carbocycles. The van der Waals surface area contributed by atoms with Crippen molar-refractivity contribution < 1.29 is 23.4 Å². The molecule has 6 heteroatoms. The standard InChI is InChI=1S/C14H15F2NO3/c1-14(2,3)20-13(19)17-9(7-18)4-8-5-10(15)11(16)6-12(8)17/h4-6,18H,7H2,1-3H3. The van der Waals surface area contributed by atoms with Crippen LogP contribution < -0.4 is 0 Å². The summed E-state index contributed by atoms with van der Waals surface area (Å²) in [6.45, 7) is 4.62. The summed E-state index contributed by atoms with van der Waals surface area (Å²) < 4.78 is 32.8. The van der Waals surface area contributed by atoms with Gasteiger partial charge in [-0.1, -0.05) is 0 Å². The fourth-order valence-electron chi connectivity index (χ4n) is 1.90. The lowest BCUT2D eigenvalue weighted by Gasteiger charge is -2.20. The van der Waals surface area contributed by atoms with Crippen LogP contribution >= 0.6 is 0 Å². The molecular formula is C14H15F2NO3. The molecule has 0 unspecified atom stereocenters. The number of carbonyl (C=O) groups is 1. The molecule has 4 nitrogen and oxygen atoms in total. The number of nitrogens with zero attached hydrogens (tertiary/aromatic N) is 1. The van der Waals surface area contributed by atoms with Crippen LogP contribution in [0.5, 0.6) is 0 Å². The highest BCUT2D eigenvalue weighted by Gasteiger charge is 2.22. The molecule has 0 saturated carbocycles. The van der Waals surface area contributed by atoms with Crippen molar-refractivity contribution >= 4 is 17.0 Å². The maximum atomic E-state index is 13.3. The summed E-state index contributed by atoms with van der Waals surface area (Å²) >= 11 is 0. The number of rotatable bonds is 1. The molecule has 0 aliphatic rings. The van der Waals surface area contributed by atoms with E-state index in [9.17, 15) is 18.7 Å². The Balaban J connectivity index is 2.61. The van der Waals surface area contributed by atoms with Crippen LogP contribution in [0.1, 0.15) is 26.5 Å². The van der Waals surface area contributed by atoms with Crippen molar-refractivity contribution in [2.45, 2.75) is 33.0 Å². The molecule has 2 rings (SSSR count). The predicted molar refractivity (Wildman–Crippen MR) is 69.4 cm³/mol. The Morgan fingerprint density at radius 1 is 1.25 bits per heavy atom. The highest BCUT2D eigenvalue weighted by molar-refractivity contribution is 5.91. The van der Waals surface area contributed by atoms with Gasteiger partial charge in [-0.25, -0.2) is 18.1 Å². The first kappa shape index (κ1) is 14.5. The van der Waals surface area contributed by atoms with Crippen molar-refractivity contribution in [3.05, 3.63) is 35.5 Å². The summed E-state index contributed by atoms with van der Waals surface area (Å²) in [5.74, 6) is -2.08. The zero-order valence-corrected chi connectivity index (χ0v) is 11.4. The Morgan fingerprint density at radius 3 is 2.40 bits per heavy atom. The van der Waals surface area contributed by atoms with Crippen molar-refractivity contribution in [1.29, 1.82) is 0 Å². The molecule has 20 heavy (non-hydrogen) atoms. The number of benzene rings is 1. The Morgan fingerprint density at radius 2 is 1.85 bits per heavy atom. The number of aliphatic hydroxyl groups is 1. The molecule has 0 aliphatic heterocycles. The first-order valence-electron chi connectivity index (χ1n) is 6.06. The van der Waals surface area contributed by atoms with Gasteiger partial charge in [0.2, 0.25) is 0 Å². The maximum Gasteiger partial charge on any atom is 0.419 e. The van der Waals surface area contributed by atoms with Crippen LogP contribution in [0.3, 0.4) is 0 Å². The summed E-state index contributed by atoms with van der Waals surface area (Å²) in [4.78, 5) is 12.1. The highest BCUT2D eigenvalue weighted by Crippen LogP contribution is 2.24. The van der Waals surface area contributed by atoms with E-state index in [2.05, 4.69) is 0 Å². The molecule has 1 heterocycles. The number of halogens is 2. The average Bonchev–Trinajstić information content (AvgIpc) is 2.65. The molecule has 0 bridgehead atoms. The molecule has 0 radical (unpaired) electrons. The Kier molecular flexibility index (Phi) is 3.52. The molecule has 0 saturated heterocycles. The van der Waals surface area contributed by atoms with E-state index in [1.165, 1.54) is 6.07 Å². The highest BCUT2D eigenvalue weighted by atomic mass is 19.2. The van der Waals surface area contributed by atoms with E-state index in [0.717, 1.165) is 16.7 Å². The third-order valence-corrected chi connectivity index (χ3v) is 2.66. The average molecular weight is 283 g/mol. The molecule has 1 aromatic heterocycles. The van der Waals surface area contributed by atoms with Crippen LogP contribution in [0.4, 0.5) is 13.6 Å². The van der Waals surface area contributed by atoms with Gasteiger partial charge in [0, 0.05) is 11.5 Å². The lowest BCUT2D eigenvalue weighted by molar-refractivity contribution is 0.0533. The first-order valence-corrected chi connectivity index (χ1v) is 6.06. The second kappa shape index (κ2) is 4.86. The van der Waals surface area contributed by atoms with Gasteiger partial charge in [0.25, 0.3) is 0 Å². The zero-order valence-electron chi connectivity index (χ0n) is 11.4. The number of aliphatic hydroxyl groups excluding tert-OH is 1. The van der Waals surface area contributed by atoms with Crippen LogP contribution in [0, 0.1) is 11.6 Å². The molecule has 0 fully saturated rings. The van der Waals surface area contributed by atoms with Gasteiger partial charge in [-0.15, -0.1) is 0 Å². The minimum atomic E-state index is -1.06. The summed E-state index contributed by atoms with van der Waals surface area (Å²) in [5.41, 5.74) is -0.375. The fourth-order valence-corrected chi connectivity index (χ4v) is 1.90. The van der Waals surface area contributed by atoms with Crippen molar-refractivity contribution in [1.82, 2.24) is 4.57 Å². The lowest BCUT2D eigenvalue weighted by atomic mass is 10.2. The number of aromatic nitrogens is 1. The molecule has 0 atom stereocenters. The van der Waals surface area contributed by atoms with Crippen LogP contribution in [-0.4, -0.2) is 21.4 Å². The topological polar surface area (TPSA) is 51.5 Å². The van der Waals surface area contributed by atoms with Gasteiger partial charge in [-0.3, -0.25) is 0 Å². The lowest BCUT2D eigenvalue weighted by Crippen LogP contribution is -2.28. The van der Waals surface area contributed by atoms with Gasteiger partial charge >= 0.3 is 6.09 Å². The van der Waals surface area contributed by atoms with Gasteiger partial charge < -0.3 is 9.84 Å². The smallest absolute Gasteiger partial charge is 0.419 e. The first-order chi connectivity index (χ1) is 9.23. The minimum Gasteiger partial charge on any atom is -0.443 e. The van der Waals surface area contributed by atoms with E-state index >= 15 is 0 Å². The summed E-state index contributed by atoms with van der Waals surface area (Å²) in [7, 11) is 0. The van der Waals surface area contributed by atoms with Gasteiger partial charge in [0.05, 0.1) is 17.8 Å². The zero-order chi connectivity index (χ0) is 15.1. The Bertz CT molecular complexity index is 671. The largest absolute Gasteiger partial charge is 0.443 e. The second-order valence-electron chi connectivity index (χ2n) is 5.43. The molecule has 2 aromatic rings. The van der Waals surface area contributed by atoms with E-state index in [-0.39, 0.29) is 11.2 Å². The number of hydrogen-bond donors (Lipinski definition) is 1. The summed E-state index contributed by atoms with van der Waals surface area (Å²) in [5, 5.41) is 9.61. The predicted octanol–water partition coefficient (Wildman–Crippen LogP) is 3.20. The normalized spacial score (nSPS) is 11.9. The quantitative estimate of drug-likeness (QED) is 0.874. The van der Waals surface area contributed by atoms with Crippen molar-refractivity contribution in [3.8, 4) is 0 Å². The van der Waals surface area contributed by atoms with E-state index in [4.69, 9.17) is 4.74 Å². The Labute approximate surface area is 114 Å². The number of hydrogen-bond acceptors (Lipinski definition) is 3. The van der Waals surface area contributed by atoms with Crippen molar-refractivity contribution in [2.24, 2.45) is 0 Å². The van der Waals surface area contributed by atoms with Crippen molar-refractivity contribution in [3.63, 3.8) is 0 Å². The molecule has 1 aromatic carbocycles. The number of ether oxygens (including phenoxy) is 1. The molecule has 1 N–H and O–H groups in total. The van der Waals surface area contributed by atoms with Crippen molar-refractivity contribution in [2.75, 3.05) is 0 Å². The SMILES string of the molecule is CC(C)(C)OC(=O)n1c(CO)cc2cc(F)c(F)cc21. The monoisotopic (exact) mass is 283 g/mol. The van der Waals surface area contributed by atoms with E-state index in [1.54, 1.807) is 20.8 Å². The number of carbonyl (C=O) groups excluding carboxylic acids is 1. The third kappa shape index (κ3) is 2.65. The maximum absolute atomic E-state index is 13.3. The molecular weight excluding hydrogens is 268 g/mol. The van der Waals surface area contributed by atoms with Crippen LogP contribution in [0.25, 0.3) is 10.9 Å². The minimum absolute atomic E-state index is 0.155. The van der Waals surface area contributed by atoms with Gasteiger partial charge in [-0.2, -0.15) is 0 Å². The van der Waals surface area contributed by atoms with Crippen LogP contribution in [0.15, 0.2) is 18.2 Å². The van der Waals surface area contributed by atoms with E-state index < -0.39 is 29.9 Å². The molecule has 0 spiro atoms. The summed E-state index contributed by atoms with van der Waals surface area (Å²) in [6.07, 6.45) is -0.748. The number of fused-ring (bicyclic) bond motifs is 1. The second-order valence-corrected chi connectivity index (χ2v) is 5.43.